The number of para-hydroxylation sites is 1. The number of methoxy groups -OCH3 is 1. The molecule has 7 heteroatoms. The van der Waals surface area contributed by atoms with E-state index in [0.717, 1.165) is 11.3 Å². The molecule has 0 spiro atoms. The Hall–Kier alpha value is -2.54. The second kappa shape index (κ2) is 9.97. The van der Waals surface area contributed by atoms with Crippen LogP contribution in [0.25, 0.3) is 0 Å². The highest BCUT2D eigenvalue weighted by molar-refractivity contribution is 7.91. The molecule has 0 saturated heterocycles. The van der Waals surface area contributed by atoms with Gasteiger partial charge in [-0.1, -0.05) is 36.4 Å². The average Bonchev–Trinajstić information content (AvgIpc) is 2.68. The van der Waals surface area contributed by atoms with E-state index in [-0.39, 0.29) is 12.3 Å². The fourth-order valence-electron chi connectivity index (χ4n) is 2.65. The van der Waals surface area contributed by atoms with Crippen molar-refractivity contribution in [3.63, 3.8) is 0 Å². The Morgan fingerprint density at radius 2 is 1.78 bits per heavy atom. The van der Waals surface area contributed by atoms with Crippen molar-refractivity contribution in [2.75, 3.05) is 33.0 Å². The fourth-order valence-corrected chi connectivity index (χ4v) is 3.79. The summed E-state index contributed by atoms with van der Waals surface area (Å²) in [5.74, 6) is 1.44. The minimum absolute atomic E-state index is 0.0333. The topological polar surface area (TPSA) is 71.0 Å². The third-order valence-corrected chi connectivity index (χ3v) is 5.73. The number of sulfone groups is 1. The van der Waals surface area contributed by atoms with E-state index in [1.165, 1.54) is 0 Å². The molecule has 0 aliphatic heterocycles. The van der Waals surface area contributed by atoms with Crippen molar-refractivity contribution in [1.82, 2.24) is 10.2 Å². The second-order valence-electron chi connectivity index (χ2n) is 6.04. The number of hydrogen-bond donors (Lipinski definition) is 1. The standard InChI is InChI=1S/C20H27N3O3S/c1-4-21-20(23(2)16-17-10-8-9-13-19(17)26-3)22-14-15-27(24,25)18-11-6-5-7-12-18/h5-13H,4,14-16H2,1-3H3,(H,21,22). The molecule has 0 saturated carbocycles. The van der Waals surface area contributed by atoms with Crippen LogP contribution in [0, 0.1) is 0 Å². The molecule has 0 aliphatic carbocycles. The first-order valence-electron chi connectivity index (χ1n) is 8.87. The van der Waals surface area contributed by atoms with Crippen LogP contribution in [0.2, 0.25) is 0 Å². The Labute approximate surface area is 161 Å². The number of nitrogens with one attached hydrogen (secondary N) is 1. The largest absolute Gasteiger partial charge is 0.496 e. The van der Waals surface area contributed by atoms with Crippen molar-refractivity contribution in [3.05, 3.63) is 60.2 Å². The molecule has 146 valence electrons. The van der Waals surface area contributed by atoms with E-state index in [4.69, 9.17) is 4.74 Å². The van der Waals surface area contributed by atoms with Crippen LogP contribution in [-0.4, -0.2) is 52.3 Å². The normalized spacial score (nSPS) is 11.9. The zero-order valence-electron chi connectivity index (χ0n) is 16.1. The Kier molecular flexibility index (Phi) is 7.67. The number of hydrogen-bond acceptors (Lipinski definition) is 4. The van der Waals surface area contributed by atoms with Gasteiger partial charge in [-0.2, -0.15) is 0 Å². The summed E-state index contributed by atoms with van der Waals surface area (Å²) in [6.45, 7) is 3.46. The number of ether oxygens (including phenoxy) is 1. The van der Waals surface area contributed by atoms with Gasteiger partial charge in [0.1, 0.15) is 5.75 Å². The summed E-state index contributed by atoms with van der Waals surface area (Å²) >= 11 is 0. The van der Waals surface area contributed by atoms with Crippen molar-refractivity contribution in [2.24, 2.45) is 4.99 Å². The maximum absolute atomic E-state index is 12.4. The number of guanidine groups is 1. The maximum atomic E-state index is 12.4. The Bertz CT molecular complexity index is 852. The molecule has 0 radical (unpaired) electrons. The zero-order chi connectivity index (χ0) is 19.7. The molecule has 2 aromatic rings. The summed E-state index contributed by atoms with van der Waals surface area (Å²) in [7, 11) is 0.222. The van der Waals surface area contributed by atoms with E-state index < -0.39 is 9.84 Å². The van der Waals surface area contributed by atoms with E-state index in [2.05, 4.69) is 10.3 Å². The molecule has 6 nitrogen and oxygen atoms in total. The summed E-state index contributed by atoms with van der Waals surface area (Å²) in [5, 5.41) is 3.21. The fraction of sp³-hybridized carbons (Fsp3) is 0.350. The molecule has 2 aromatic carbocycles. The predicted octanol–water partition coefficient (Wildman–Crippen LogP) is 2.57. The molecule has 27 heavy (non-hydrogen) atoms. The Balaban J connectivity index is 2.07. The molecule has 0 aromatic heterocycles. The van der Waals surface area contributed by atoms with Gasteiger partial charge >= 0.3 is 0 Å². The van der Waals surface area contributed by atoms with Crippen LogP contribution in [0.3, 0.4) is 0 Å². The first kappa shape index (κ1) is 20.8. The molecule has 2 rings (SSSR count). The smallest absolute Gasteiger partial charge is 0.193 e. The second-order valence-corrected chi connectivity index (χ2v) is 8.14. The van der Waals surface area contributed by atoms with Crippen molar-refractivity contribution in [3.8, 4) is 5.75 Å². The molecule has 0 amide bonds. The van der Waals surface area contributed by atoms with Gasteiger partial charge in [-0.3, -0.25) is 4.99 Å². The predicted molar refractivity (Wildman–Crippen MR) is 109 cm³/mol. The lowest BCUT2D eigenvalue weighted by Gasteiger charge is -2.23. The minimum atomic E-state index is -3.34. The van der Waals surface area contributed by atoms with Gasteiger partial charge < -0.3 is 15.0 Å². The highest BCUT2D eigenvalue weighted by Gasteiger charge is 2.14. The lowest BCUT2D eigenvalue weighted by atomic mass is 10.2. The third kappa shape index (κ3) is 5.99. The van der Waals surface area contributed by atoms with Crippen LogP contribution in [0.1, 0.15) is 12.5 Å². The van der Waals surface area contributed by atoms with Crippen LogP contribution in [0.4, 0.5) is 0 Å². The maximum Gasteiger partial charge on any atom is 0.193 e. The van der Waals surface area contributed by atoms with Crippen LogP contribution < -0.4 is 10.1 Å². The number of benzene rings is 2. The average molecular weight is 390 g/mol. The minimum Gasteiger partial charge on any atom is -0.496 e. The van der Waals surface area contributed by atoms with Crippen molar-refractivity contribution in [1.29, 1.82) is 0 Å². The third-order valence-electron chi connectivity index (χ3n) is 4.02. The van der Waals surface area contributed by atoms with Crippen molar-refractivity contribution in [2.45, 2.75) is 18.4 Å². The monoisotopic (exact) mass is 389 g/mol. The summed E-state index contributed by atoms with van der Waals surface area (Å²) < 4.78 is 30.2. The molecular weight excluding hydrogens is 362 g/mol. The molecule has 0 heterocycles. The van der Waals surface area contributed by atoms with Crippen LogP contribution in [0.5, 0.6) is 5.75 Å². The van der Waals surface area contributed by atoms with Crippen LogP contribution in [0.15, 0.2) is 64.5 Å². The summed E-state index contributed by atoms with van der Waals surface area (Å²) in [4.78, 5) is 6.77. The van der Waals surface area contributed by atoms with Gasteiger partial charge in [-0.25, -0.2) is 8.42 Å². The first-order valence-corrected chi connectivity index (χ1v) is 10.5. The van der Waals surface area contributed by atoms with Gasteiger partial charge in [0.2, 0.25) is 0 Å². The quantitative estimate of drug-likeness (QED) is 0.555. The molecule has 0 atom stereocenters. The van der Waals surface area contributed by atoms with Gasteiger partial charge in [0.25, 0.3) is 0 Å². The van der Waals surface area contributed by atoms with E-state index in [1.807, 2.05) is 43.1 Å². The van der Waals surface area contributed by atoms with Gasteiger partial charge in [0.05, 0.1) is 24.3 Å². The first-order chi connectivity index (χ1) is 13.0. The Morgan fingerprint density at radius 1 is 1.11 bits per heavy atom. The Morgan fingerprint density at radius 3 is 2.44 bits per heavy atom. The van der Waals surface area contributed by atoms with E-state index in [0.29, 0.717) is 23.9 Å². The zero-order valence-corrected chi connectivity index (χ0v) is 16.9. The van der Waals surface area contributed by atoms with Crippen LogP contribution >= 0.6 is 0 Å². The van der Waals surface area contributed by atoms with Gasteiger partial charge in [0, 0.05) is 25.7 Å². The summed E-state index contributed by atoms with van der Waals surface area (Å²) in [6.07, 6.45) is 0. The lowest BCUT2D eigenvalue weighted by Crippen LogP contribution is -2.38. The summed E-state index contributed by atoms with van der Waals surface area (Å²) in [6, 6.07) is 16.3. The molecule has 0 bridgehead atoms. The molecular formula is C20H27N3O3S. The van der Waals surface area contributed by atoms with E-state index >= 15 is 0 Å². The highest BCUT2D eigenvalue weighted by Crippen LogP contribution is 2.18. The SMILES string of the molecule is CCNC(=NCCS(=O)(=O)c1ccccc1)N(C)Cc1ccccc1OC. The van der Waals surface area contributed by atoms with E-state index in [1.54, 1.807) is 37.4 Å². The molecule has 0 unspecified atom stereocenters. The number of aliphatic imine (C=N–C) groups is 1. The molecule has 0 aliphatic rings. The molecule has 1 N–H and O–H groups in total. The van der Waals surface area contributed by atoms with Gasteiger partial charge in [-0.05, 0) is 25.1 Å². The highest BCUT2D eigenvalue weighted by atomic mass is 32.2. The molecule has 0 fully saturated rings. The van der Waals surface area contributed by atoms with Gasteiger partial charge in [0.15, 0.2) is 15.8 Å². The number of rotatable bonds is 8. The number of nitrogens with zero attached hydrogens (tertiary/aromatic N) is 2. The van der Waals surface area contributed by atoms with E-state index in [9.17, 15) is 8.42 Å². The van der Waals surface area contributed by atoms with Crippen molar-refractivity contribution < 1.29 is 13.2 Å². The van der Waals surface area contributed by atoms with Crippen molar-refractivity contribution >= 4 is 15.8 Å². The lowest BCUT2D eigenvalue weighted by molar-refractivity contribution is 0.396. The summed E-state index contributed by atoms with van der Waals surface area (Å²) in [5.41, 5.74) is 1.03. The van der Waals surface area contributed by atoms with Gasteiger partial charge in [-0.15, -0.1) is 0 Å². The van der Waals surface area contributed by atoms with Crippen LogP contribution in [-0.2, 0) is 16.4 Å².